The minimum absolute atomic E-state index is 0.341. The molecule has 0 spiro atoms. The molecule has 1 unspecified atom stereocenters. The van der Waals surface area contributed by atoms with Crippen LogP contribution in [-0.2, 0) is 0 Å². The normalized spacial score (nSPS) is 18.9. The van der Waals surface area contributed by atoms with Gasteiger partial charge in [-0.25, -0.2) is 0 Å². The van der Waals surface area contributed by atoms with Crippen LogP contribution in [0.15, 0.2) is 24.3 Å². The van der Waals surface area contributed by atoms with Gasteiger partial charge in [0, 0.05) is 12.6 Å². The molecule has 0 saturated heterocycles. The van der Waals surface area contributed by atoms with Crippen LogP contribution in [0.3, 0.4) is 0 Å². The molecule has 3 heteroatoms. The zero-order valence-corrected chi connectivity index (χ0v) is 12.6. The van der Waals surface area contributed by atoms with Crippen LogP contribution >= 0.6 is 0 Å². The van der Waals surface area contributed by atoms with Crippen molar-refractivity contribution in [3.05, 3.63) is 29.8 Å². The van der Waals surface area contributed by atoms with Crippen molar-refractivity contribution in [2.45, 2.75) is 51.7 Å². The van der Waals surface area contributed by atoms with E-state index in [0.29, 0.717) is 19.2 Å². The first-order chi connectivity index (χ1) is 9.65. The summed E-state index contributed by atoms with van der Waals surface area (Å²) in [4.78, 5) is 0. The summed E-state index contributed by atoms with van der Waals surface area (Å²) in [6, 6.07) is 8.41. The van der Waals surface area contributed by atoms with E-state index in [-0.39, 0.29) is 0 Å². The third-order valence-corrected chi connectivity index (χ3v) is 4.25. The van der Waals surface area contributed by atoms with Gasteiger partial charge >= 0.3 is 0 Å². The van der Waals surface area contributed by atoms with Crippen molar-refractivity contribution in [3.8, 4) is 5.75 Å². The molecule has 1 aliphatic rings. The number of aryl methyl sites for hydroxylation is 1. The highest BCUT2D eigenvalue weighted by Crippen LogP contribution is 2.27. The Labute approximate surface area is 122 Å². The highest BCUT2D eigenvalue weighted by atomic mass is 16.5. The average molecular weight is 277 g/mol. The predicted molar refractivity (Wildman–Crippen MR) is 82.1 cm³/mol. The minimum Gasteiger partial charge on any atom is -0.491 e. The fourth-order valence-electron chi connectivity index (χ4n) is 2.83. The highest BCUT2D eigenvalue weighted by molar-refractivity contribution is 5.26. The Morgan fingerprint density at radius 1 is 1.25 bits per heavy atom. The van der Waals surface area contributed by atoms with E-state index in [1.807, 2.05) is 31.2 Å². The van der Waals surface area contributed by atoms with Gasteiger partial charge in [0.15, 0.2) is 0 Å². The summed E-state index contributed by atoms with van der Waals surface area (Å²) in [5, 5.41) is 13.4. The van der Waals surface area contributed by atoms with E-state index in [1.165, 1.54) is 31.2 Å². The summed E-state index contributed by atoms with van der Waals surface area (Å²) >= 11 is 0. The zero-order chi connectivity index (χ0) is 14.4. The molecule has 20 heavy (non-hydrogen) atoms. The molecule has 0 aromatic heterocycles. The molecular weight excluding hydrogens is 250 g/mol. The summed E-state index contributed by atoms with van der Waals surface area (Å²) in [5.74, 6) is 1.60. The SMILES string of the molecule is Cc1ccc(OCC(O)CN[C@@H](C)C2CCCC2)cc1. The van der Waals surface area contributed by atoms with Crippen molar-refractivity contribution < 1.29 is 9.84 Å². The van der Waals surface area contributed by atoms with Crippen LogP contribution in [0.5, 0.6) is 5.75 Å². The van der Waals surface area contributed by atoms with Crippen molar-refractivity contribution in [1.82, 2.24) is 5.32 Å². The van der Waals surface area contributed by atoms with Crippen LogP contribution in [-0.4, -0.2) is 30.4 Å². The lowest BCUT2D eigenvalue weighted by Gasteiger charge is -2.22. The van der Waals surface area contributed by atoms with Crippen LogP contribution in [0.4, 0.5) is 0 Å². The Morgan fingerprint density at radius 3 is 2.55 bits per heavy atom. The van der Waals surface area contributed by atoms with Gasteiger partial charge in [-0.1, -0.05) is 30.5 Å². The van der Waals surface area contributed by atoms with Gasteiger partial charge in [0.2, 0.25) is 0 Å². The molecule has 0 amide bonds. The smallest absolute Gasteiger partial charge is 0.119 e. The average Bonchev–Trinajstić information content (AvgIpc) is 2.98. The zero-order valence-electron chi connectivity index (χ0n) is 12.6. The van der Waals surface area contributed by atoms with Gasteiger partial charge in [0.05, 0.1) is 0 Å². The van der Waals surface area contributed by atoms with Gasteiger partial charge in [0.25, 0.3) is 0 Å². The molecule has 3 nitrogen and oxygen atoms in total. The molecule has 1 saturated carbocycles. The minimum atomic E-state index is -0.458. The standard InChI is InChI=1S/C17H27NO2/c1-13-7-9-17(10-8-13)20-12-16(19)11-18-14(2)15-5-3-4-6-15/h7-10,14-16,18-19H,3-6,11-12H2,1-2H3/t14-,16?/m0/s1. The van der Waals surface area contributed by atoms with E-state index in [4.69, 9.17) is 4.74 Å². The molecule has 0 aliphatic heterocycles. The monoisotopic (exact) mass is 277 g/mol. The number of hydrogen-bond acceptors (Lipinski definition) is 3. The summed E-state index contributed by atoms with van der Waals surface area (Å²) < 4.78 is 5.59. The third kappa shape index (κ3) is 4.80. The van der Waals surface area contributed by atoms with E-state index in [1.54, 1.807) is 0 Å². The van der Waals surface area contributed by atoms with E-state index in [0.717, 1.165) is 11.7 Å². The third-order valence-electron chi connectivity index (χ3n) is 4.25. The maximum Gasteiger partial charge on any atom is 0.119 e. The lowest BCUT2D eigenvalue weighted by atomic mass is 10.00. The van der Waals surface area contributed by atoms with Gasteiger partial charge < -0.3 is 15.2 Å². The second-order valence-corrected chi connectivity index (χ2v) is 6.02. The van der Waals surface area contributed by atoms with Crippen molar-refractivity contribution in [1.29, 1.82) is 0 Å². The molecule has 2 rings (SSSR count). The quantitative estimate of drug-likeness (QED) is 0.805. The van der Waals surface area contributed by atoms with Crippen LogP contribution in [0.2, 0.25) is 0 Å². The number of aliphatic hydroxyl groups is 1. The van der Waals surface area contributed by atoms with Gasteiger partial charge in [0.1, 0.15) is 18.5 Å². The van der Waals surface area contributed by atoms with Crippen molar-refractivity contribution in [2.24, 2.45) is 5.92 Å². The Morgan fingerprint density at radius 2 is 1.90 bits per heavy atom. The largest absolute Gasteiger partial charge is 0.491 e. The highest BCUT2D eigenvalue weighted by Gasteiger charge is 2.21. The van der Waals surface area contributed by atoms with Crippen LogP contribution in [0.1, 0.15) is 38.2 Å². The fraction of sp³-hybridized carbons (Fsp3) is 0.647. The number of benzene rings is 1. The van der Waals surface area contributed by atoms with Gasteiger partial charge in [-0.15, -0.1) is 0 Å². The summed E-state index contributed by atoms with van der Waals surface area (Å²) in [6.07, 6.45) is 4.90. The van der Waals surface area contributed by atoms with E-state index < -0.39 is 6.10 Å². The maximum atomic E-state index is 9.97. The molecule has 112 valence electrons. The number of aliphatic hydroxyl groups excluding tert-OH is 1. The van der Waals surface area contributed by atoms with Crippen LogP contribution < -0.4 is 10.1 Å². The van der Waals surface area contributed by atoms with Crippen molar-refractivity contribution in [3.63, 3.8) is 0 Å². The molecular formula is C17H27NO2. The number of ether oxygens (including phenoxy) is 1. The first-order valence-corrected chi connectivity index (χ1v) is 7.76. The molecule has 1 fully saturated rings. The Balaban J connectivity index is 1.64. The molecule has 1 aliphatic carbocycles. The Hall–Kier alpha value is -1.06. The molecule has 2 atom stereocenters. The number of nitrogens with one attached hydrogen (secondary N) is 1. The summed E-state index contributed by atoms with van der Waals surface area (Å²) in [7, 11) is 0. The van der Waals surface area contributed by atoms with Crippen LogP contribution in [0, 0.1) is 12.8 Å². The Bertz CT molecular complexity index is 384. The van der Waals surface area contributed by atoms with Gasteiger partial charge in [-0.2, -0.15) is 0 Å². The first-order valence-electron chi connectivity index (χ1n) is 7.76. The molecule has 1 aromatic carbocycles. The topological polar surface area (TPSA) is 41.5 Å². The first kappa shape index (κ1) is 15.3. The lowest BCUT2D eigenvalue weighted by molar-refractivity contribution is 0.102. The predicted octanol–water partition coefficient (Wildman–Crippen LogP) is 2.90. The number of rotatable bonds is 7. The summed E-state index contributed by atoms with van der Waals surface area (Å²) in [6.45, 7) is 5.22. The molecule has 0 heterocycles. The molecule has 0 bridgehead atoms. The van der Waals surface area contributed by atoms with Gasteiger partial charge in [-0.3, -0.25) is 0 Å². The molecule has 1 aromatic rings. The van der Waals surface area contributed by atoms with Crippen molar-refractivity contribution in [2.75, 3.05) is 13.2 Å². The number of hydrogen-bond donors (Lipinski definition) is 2. The summed E-state index contributed by atoms with van der Waals surface area (Å²) in [5.41, 5.74) is 1.21. The Kier molecular flexibility index (Phi) is 5.86. The van der Waals surface area contributed by atoms with E-state index in [9.17, 15) is 5.11 Å². The lowest BCUT2D eigenvalue weighted by Crippen LogP contribution is -2.39. The van der Waals surface area contributed by atoms with Crippen LogP contribution in [0.25, 0.3) is 0 Å². The van der Waals surface area contributed by atoms with Gasteiger partial charge in [-0.05, 0) is 44.7 Å². The van der Waals surface area contributed by atoms with E-state index >= 15 is 0 Å². The molecule has 2 N–H and O–H groups in total. The second-order valence-electron chi connectivity index (χ2n) is 6.02. The van der Waals surface area contributed by atoms with Crippen molar-refractivity contribution >= 4 is 0 Å². The second kappa shape index (κ2) is 7.65. The molecule has 0 radical (unpaired) electrons. The van der Waals surface area contributed by atoms with E-state index in [2.05, 4.69) is 12.2 Å². The fourth-order valence-corrected chi connectivity index (χ4v) is 2.83. The maximum absolute atomic E-state index is 9.97.